The van der Waals surface area contributed by atoms with Gasteiger partial charge in [0.25, 0.3) is 0 Å². The van der Waals surface area contributed by atoms with Crippen molar-refractivity contribution in [1.82, 2.24) is 4.90 Å². The molecule has 0 heterocycles. The fourth-order valence-corrected chi connectivity index (χ4v) is 4.97. The Labute approximate surface area is 295 Å². The van der Waals surface area contributed by atoms with Crippen LogP contribution in [-0.2, 0) is 32.7 Å². The topological polar surface area (TPSA) is 31.4 Å². The average molecular weight is 680 g/mol. The molecule has 242 valence electrons. The van der Waals surface area contributed by atoms with Crippen molar-refractivity contribution in [1.29, 1.82) is 0 Å². The number of hydrogen-bond donors (Lipinski definition) is 0. The fourth-order valence-electron chi connectivity index (χ4n) is 4.97. The van der Waals surface area contributed by atoms with Crippen LogP contribution in [0.15, 0.2) is 121 Å². The smallest absolute Gasteiger partial charge is 0.000655 e. The summed E-state index contributed by atoms with van der Waals surface area (Å²) >= 11 is 0. The molecule has 0 N–H and O–H groups in total. The quantitative estimate of drug-likeness (QED) is 0.171. The zero-order chi connectivity index (χ0) is 32.0. The van der Waals surface area contributed by atoms with E-state index in [2.05, 4.69) is 83.7 Å². The van der Waals surface area contributed by atoms with E-state index in [0.717, 1.165) is 23.2 Å². The van der Waals surface area contributed by atoms with Crippen molar-refractivity contribution in [2.75, 3.05) is 0 Å². The average Bonchev–Trinajstić information content (AvgIpc) is 3.03. The molecular weight excluding hydrogens is 626 g/mol. The summed E-state index contributed by atoms with van der Waals surface area (Å²) in [5.41, 5.74) is 4.48. The molecule has 0 amide bonds. The van der Waals surface area contributed by atoms with Gasteiger partial charge in [-0.25, -0.2) is 0 Å². The fraction of sp³-hybridized carbons (Fsp3) is 0.341. The minimum absolute atomic E-state index is 0. The van der Waals surface area contributed by atoms with Gasteiger partial charge in [0.05, 0.1) is 0 Å². The first-order valence-electron chi connectivity index (χ1n) is 16.0. The Balaban J connectivity index is 0.000000370. The molecule has 1 saturated carbocycles. The van der Waals surface area contributed by atoms with Gasteiger partial charge in [0.15, 0.2) is 0 Å². The molecule has 3 nitrogen and oxygen atoms in total. The molecular formula is C41H54N3Zr-5. The molecule has 5 rings (SSSR count). The van der Waals surface area contributed by atoms with E-state index in [0.29, 0.717) is 18.1 Å². The summed E-state index contributed by atoms with van der Waals surface area (Å²) in [6.07, 6.45) is 6.48. The van der Waals surface area contributed by atoms with Gasteiger partial charge in [0.1, 0.15) is 0 Å². The zero-order valence-electron chi connectivity index (χ0n) is 28.1. The maximum Gasteiger partial charge on any atom is 0.000655 e. The molecule has 1 unspecified atom stereocenters. The van der Waals surface area contributed by atoms with Crippen molar-refractivity contribution in [2.45, 2.75) is 90.8 Å². The van der Waals surface area contributed by atoms with Gasteiger partial charge in [-0.2, -0.15) is 80.1 Å². The van der Waals surface area contributed by atoms with Crippen LogP contribution in [0.5, 0.6) is 0 Å². The summed E-state index contributed by atoms with van der Waals surface area (Å²) in [5.74, 6) is 0. The Morgan fingerprint density at radius 3 is 1.24 bits per heavy atom. The third-order valence-corrected chi connectivity index (χ3v) is 7.19. The van der Waals surface area contributed by atoms with E-state index in [4.69, 9.17) is 10.6 Å². The Kier molecular flexibility index (Phi) is 21.9. The number of rotatable bonds is 8. The molecule has 1 atom stereocenters. The van der Waals surface area contributed by atoms with Crippen molar-refractivity contribution in [3.8, 4) is 0 Å². The number of hydrogen-bond acceptors (Lipinski definition) is 1. The van der Waals surface area contributed by atoms with Crippen LogP contribution in [0.4, 0.5) is 0 Å². The summed E-state index contributed by atoms with van der Waals surface area (Å²) < 4.78 is 0. The summed E-state index contributed by atoms with van der Waals surface area (Å²) in [4.78, 5) is 2.44. The van der Waals surface area contributed by atoms with Crippen LogP contribution in [0.25, 0.3) is 10.6 Å². The molecule has 4 heteroatoms. The molecule has 4 aromatic carbocycles. The van der Waals surface area contributed by atoms with Gasteiger partial charge in [-0.1, -0.05) is 86.2 Å². The second-order valence-corrected chi connectivity index (χ2v) is 11.7. The third-order valence-electron chi connectivity index (χ3n) is 7.19. The molecule has 0 aliphatic heterocycles. The minimum Gasteiger partial charge on any atom is -0.663 e. The van der Waals surface area contributed by atoms with E-state index in [1.807, 2.05) is 91.0 Å². The standard InChI is InChI=1S/C20H33N3.3C7H7.Zr/c1-16(2)23(17(3)4)20(22-19-13-9-6-10-14-19)21-15-18-11-7-5-8-12-18;3*1-7-5-3-2-4-6-7;/h5,7-8,11-12,16-17,19-20H,6,9-10,13-15H2,1-4H3;3*2-6H,1H2;/q-2;3*-1;. The van der Waals surface area contributed by atoms with Crippen LogP contribution < -0.4 is 0 Å². The molecule has 0 radical (unpaired) electrons. The largest absolute Gasteiger partial charge is 0.663 e. The van der Waals surface area contributed by atoms with E-state index in [9.17, 15) is 0 Å². The molecule has 1 aliphatic carbocycles. The summed E-state index contributed by atoms with van der Waals surface area (Å²) in [5, 5.41) is 10.1. The normalized spacial score (nSPS) is 13.2. The predicted octanol–water partition coefficient (Wildman–Crippen LogP) is 11.3. The second kappa shape index (κ2) is 24.5. The maximum atomic E-state index is 5.15. The van der Waals surface area contributed by atoms with Gasteiger partial charge in [0.2, 0.25) is 0 Å². The van der Waals surface area contributed by atoms with E-state index < -0.39 is 0 Å². The first kappa shape index (κ1) is 40.3. The van der Waals surface area contributed by atoms with Crippen LogP contribution in [0, 0.1) is 20.8 Å². The monoisotopic (exact) mass is 678 g/mol. The van der Waals surface area contributed by atoms with E-state index >= 15 is 0 Å². The first-order chi connectivity index (χ1) is 21.3. The van der Waals surface area contributed by atoms with Gasteiger partial charge in [-0.15, -0.1) is 49.0 Å². The van der Waals surface area contributed by atoms with Crippen LogP contribution in [0.2, 0.25) is 0 Å². The minimum atomic E-state index is -0.0155. The SMILES string of the molecule is CC(C)N(C(C)C)C([N-]Cc1ccccc1)[N-]C1CCCCC1.[CH2-]c1ccccc1.[CH2-]c1ccccc1.[CH2-]c1ccccc1.[Zr]. The number of nitrogens with zero attached hydrogens (tertiary/aromatic N) is 3. The Bertz CT molecular complexity index is 1100. The van der Waals surface area contributed by atoms with Crippen LogP contribution >= 0.6 is 0 Å². The molecule has 0 spiro atoms. The van der Waals surface area contributed by atoms with Crippen molar-refractivity contribution in [2.24, 2.45) is 0 Å². The van der Waals surface area contributed by atoms with Gasteiger partial charge in [-0.3, -0.25) is 0 Å². The Hall–Kier alpha value is -2.75. The van der Waals surface area contributed by atoms with Gasteiger partial charge in [-0.05, 0) is 27.7 Å². The van der Waals surface area contributed by atoms with Crippen LogP contribution in [0.1, 0.15) is 82.1 Å². The summed E-state index contributed by atoms with van der Waals surface area (Å²) in [6.45, 7) is 20.9. The Morgan fingerprint density at radius 2 is 0.933 bits per heavy atom. The molecule has 1 fully saturated rings. The van der Waals surface area contributed by atoms with Gasteiger partial charge >= 0.3 is 0 Å². The summed E-state index contributed by atoms with van der Waals surface area (Å²) in [6, 6.07) is 41.5. The molecule has 4 aromatic rings. The molecule has 45 heavy (non-hydrogen) atoms. The summed E-state index contributed by atoms with van der Waals surface area (Å²) in [7, 11) is 0. The van der Waals surface area contributed by atoms with E-state index in [1.54, 1.807) is 0 Å². The van der Waals surface area contributed by atoms with E-state index in [1.165, 1.54) is 37.7 Å². The molecule has 0 aromatic heterocycles. The Morgan fingerprint density at radius 1 is 0.578 bits per heavy atom. The molecule has 0 saturated heterocycles. The van der Waals surface area contributed by atoms with Crippen LogP contribution in [-0.4, -0.2) is 29.3 Å². The maximum absolute atomic E-state index is 5.15. The van der Waals surface area contributed by atoms with E-state index in [-0.39, 0.29) is 32.5 Å². The second-order valence-electron chi connectivity index (χ2n) is 11.7. The molecule has 1 aliphatic rings. The van der Waals surface area contributed by atoms with Crippen molar-refractivity contribution >= 4 is 0 Å². The van der Waals surface area contributed by atoms with Crippen LogP contribution in [0.3, 0.4) is 0 Å². The number of benzene rings is 4. The van der Waals surface area contributed by atoms with Gasteiger partial charge < -0.3 is 15.5 Å². The van der Waals surface area contributed by atoms with Gasteiger partial charge in [0, 0.05) is 38.3 Å². The van der Waals surface area contributed by atoms with Crippen molar-refractivity contribution in [3.63, 3.8) is 0 Å². The zero-order valence-corrected chi connectivity index (χ0v) is 30.5. The predicted molar refractivity (Wildman–Crippen MR) is 192 cm³/mol. The third kappa shape index (κ3) is 18.7. The molecule has 0 bridgehead atoms. The van der Waals surface area contributed by atoms with Crippen molar-refractivity contribution < 1.29 is 26.2 Å². The first-order valence-corrected chi connectivity index (χ1v) is 16.0. The van der Waals surface area contributed by atoms with Crippen molar-refractivity contribution in [3.05, 3.63) is 175 Å².